The summed E-state index contributed by atoms with van der Waals surface area (Å²) in [5.41, 5.74) is 0.239. The van der Waals surface area contributed by atoms with E-state index < -0.39 is 41.5 Å². The maximum Gasteiger partial charge on any atom is 0.195 e. The number of aromatic hydroxyl groups is 2. The van der Waals surface area contributed by atoms with Crippen molar-refractivity contribution in [1.29, 1.82) is 0 Å². The van der Waals surface area contributed by atoms with Crippen molar-refractivity contribution in [3.8, 4) is 11.5 Å². The Balaban J connectivity index is 1.94. The molecule has 4 unspecified atom stereocenters. The molecule has 1 aromatic rings. The Labute approximate surface area is 125 Å². The summed E-state index contributed by atoms with van der Waals surface area (Å²) in [6.45, 7) is 0. The van der Waals surface area contributed by atoms with E-state index in [9.17, 15) is 29.7 Å². The highest BCUT2D eigenvalue weighted by atomic mass is 16.5. The van der Waals surface area contributed by atoms with Gasteiger partial charge in [-0.05, 0) is 17.7 Å². The molecule has 4 atom stereocenters. The molecule has 0 aromatic heterocycles. The largest absolute Gasteiger partial charge is 0.504 e. The minimum absolute atomic E-state index is 0.0404. The molecule has 0 amide bonds. The molecule has 0 radical (unpaired) electrons. The number of ketones is 3. The van der Waals surface area contributed by atoms with E-state index in [1.54, 1.807) is 0 Å². The Hall–Kier alpha value is -2.25. The van der Waals surface area contributed by atoms with Crippen molar-refractivity contribution in [2.24, 2.45) is 5.92 Å². The third-order valence-electron chi connectivity index (χ3n) is 4.08. The maximum absolute atomic E-state index is 12.2. The zero-order valence-corrected chi connectivity index (χ0v) is 11.4. The molecule has 2 fully saturated rings. The van der Waals surface area contributed by atoms with E-state index in [1.807, 2.05) is 0 Å². The number of Topliss-reactive ketones (excluding diaryl/α,β-unsaturated/α-hetero) is 3. The first-order valence-corrected chi connectivity index (χ1v) is 6.82. The van der Waals surface area contributed by atoms with E-state index in [2.05, 4.69) is 0 Å². The van der Waals surface area contributed by atoms with Crippen LogP contribution in [0, 0.1) is 5.92 Å². The van der Waals surface area contributed by atoms with E-state index in [-0.39, 0.29) is 29.9 Å². The molecule has 1 aromatic carbocycles. The number of fused-ring (bicyclic) bond motifs is 1. The molecule has 1 aliphatic carbocycles. The molecule has 22 heavy (non-hydrogen) atoms. The minimum atomic E-state index is -1.54. The first-order chi connectivity index (χ1) is 10.4. The SMILES string of the molecule is O=C1CC(=O)C2C(C1)OC(c1ccc(O)c(O)c1)C(=O)C2O. The molecule has 1 heterocycles. The molecule has 3 rings (SSSR count). The van der Waals surface area contributed by atoms with Crippen LogP contribution in [-0.4, -0.2) is 44.9 Å². The van der Waals surface area contributed by atoms with E-state index in [0.717, 1.165) is 6.07 Å². The first-order valence-electron chi connectivity index (χ1n) is 6.82. The Bertz CT molecular complexity index is 666. The van der Waals surface area contributed by atoms with Gasteiger partial charge >= 0.3 is 0 Å². The predicted molar refractivity (Wildman–Crippen MR) is 71.1 cm³/mol. The lowest BCUT2D eigenvalue weighted by Crippen LogP contribution is -2.54. The van der Waals surface area contributed by atoms with Gasteiger partial charge in [0.1, 0.15) is 23.8 Å². The molecule has 1 aliphatic heterocycles. The van der Waals surface area contributed by atoms with Crippen molar-refractivity contribution in [1.82, 2.24) is 0 Å². The quantitative estimate of drug-likeness (QED) is 0.494. The maximum atomic E-state index is 12.2. The monoisotopic (exact) mass is 306 g/mol. The number of hydrogen-bond acceptors (Lipinski definition) is 7. The van der Waals surface area contributed by atoms with E-state index in [1.165, 1.54) is 12.1 Å². The zero-order valence-electron chi connectivity index (χ0n) is 11.4. The molecule has 7 nitrogen and oxygen atoms in total. The number of carbonyl (C=O) groups excluding carboxylic acids is 3. The normalized spacial score (nSPS) is 32.0. The van der Waals surface area contributed by atoms with Gasteiger partial charge < -0.3 is 20.1 Å². The lowest BCUT2D eigenvalue weighted by Gasteiger charge is -2.40. The van der Waals surface area contributed by atoms with E-state index in [0.29, 0.717) is 0 Å². The van der Waals surface area contributed by atoms with Crippen molar-refractivity contribution >= 4 is 17.3 Å². The molecule has 116 valence electrons. The number of benzene rings is 1. The summed E-state index contributed by atoms with van der Waals surface area (Å²) in [5.74, 6) is -3.29. The summed E-state index contributed by atoms with van der Waals surface area (Å²) in [6.07, 6.45) is -3.93. The Morgan fingerprint density at radius 2 is 1.82 bits per heavy atom. The lowest BCUT2D eigenvalue weighted by atomic mass is 9.76. The van der Waals surface area contributed by atoms with E-state index >= 15 is 0 Å². The van der Waals surface area contributed by atoms with Crippen LogP contribution in [0.5, 0.6) is 11.5 Å². The Morgan fingerprint density at radius 3 is 2.50 bits per heavy atom. The van der Waals surface area contributed by atoms with Crippen LogP contribution in [-0.2, 0) is 19.1 Å². The third kappa shape index (κ3) is 2.28. The van der Waals surface area contributed by atoms with Gasteiger partial charge in [0.15, 0.2) is 17.3 Å². The average molecular weight is 306 g/mol. The molecule has 2 aliphatic rings. The summed E-state index contributed by atoms with van der Waals surface area (Å²) in [4.78, 5) is 35.6. The highest BCUT2D eigenvalue weighted by Crippen LogP contribution is 2.39. The molecular formula is C15H14O7. The third-order valence-corrected chi connectivity index (χ3v) is 4.08. The second kappa shape index (κ2) is 5.19. The number of phenolic OH excluding ortho intramolecular Hbond substituents is 2. The van der Waals surface area contributed by atoms with Gasteiger partial charge in [0, 0.05) is 6.42 Å². The number of aliphatic hydroxyl groups is 1. The fourth-order valence-electron chi connectivity index (χ4n) is 2.98. The number of ether oxygens (including phenoxy) is 1. The summed E-state index contributed by atoms with van der Waals surface area (Å²) < 4.78 is 5.55. The highest BCUT2D eigenvalue weighted by Gasteiger charge is 2.50. The van der Waals surface area contributed by atoms with Crippen molar-refractivity contribution in [3.05, 3.63) is 23.8 Å². The standard InChI is InChI=1S/C15H14O7/c16-7-4-10(19)12-11(5-7)22-15(14(21)13(12)20)6-1-2-8(17)9(18)3-6/h1-3,11-13,15,17-18,20H,4-5H2. The molecule has 1 saturated carbocycles. The van der Waals surface area contributed by atoms with Gasteiger partial charge in [-0.15, -0.1) is 0 Å². The summed E-state index contributed by atoms with van der Waals surface area (Å²) >= 11 is 0. The molecular weight excluding hydrogens is 292 g/mol. The van der Waals surface area contributed by atoms with Gasteiger partial charge in [-0.25, -0.2) is 0 Å². The highest BCUT2D eigenvalue weighted by molar-refractivity contribution is 6.06. The average Bonchev–Trinajstić information content (AvgIpc) is 2.45. The van der Waals surface area contributed by atoms with Crippen LogP contribution in [0.1, 0.15) is 24.5 Å². The molecule has 0 spiro atoms. The van der Waals surface area contributed by atoms with Crippen LogP contribution in [0.4, 0.5) is 0 Å². The minimum Gasteiger partial charge on any atom is -0.504 e. The van der Waals surface area contributed by atoms with Crippen LogP contribution in [0.2, 0.25) is 0 Å². The summed E-state index contributed by atoms with van der Waals surface area (Å²) in [5, 5.41) is 28.9. The van der Waals surface area contributed by atoms with Gasteiger partial charge in [-0.3, -0.25) is 14.4 Å². The smallest absolute Gasteiger partial charge is 0.195 e. The number of hydrogen-bond donors (Lipinski definition) is 3. The van der Waals surface area contributed by atoms with Crippen molar-refractivity contribution in [2.75, 3.05) is 0 Å². The Morgan fingerprint density at radius 1 is 1.09 bits per heavy atom. The topological polar surface area (TPSA) is 121 Å². The Kier molecular flexibility index (Phi) is 3.46. The lowest BCUT2D eigenvalue weighted by molar-refractivity contribution is -0.180. The van der Waals surface area contributed by atoms with Crippen LogP contribution >= 0.6 is 0 Å². The van der Waals surface area contributed by atoms with Gasteiger partial charge in [-0.1, -0.05) is 6.07 Å². The van der Waals surface area contributed by atoms with Crippen LogP contribution < -0.4 is 0 Å². The van der Waals surface area contributed by atoms with Crippen molar-refractivity contribution in [2.45, 2.75) is 31.2 Å². The number of aliphatic hydroxyl groups excluding tert-OH is 1. The zero-order chi connectivity index (χ0) is 16.0. The predicted octanol–water partition coefficient (Wildman–Crippen LogP) is 0.0159. The fraction of sp³-hybridized carbons (Fsp3) is 0.400. The van der Waals surface area contributed by atoms with Crippen molar-refractivity contribution < 1.29 is 34.4 Å². The van der Waals surface area contributed by atoms with Gasteiger partial charge in [0.05, 0.1) is 18.4 Å². The van der Waals surface area contributed by atoms with Gasteiger partial charge in [0.2, 0.25) is 0 Å². The van der Waals surface area contributed by atoms with Crippen LogP contribution in [0.15, 0.2) is 18.2 Å². The van der Waals surface area contributed by atoms with Crippen LogP contribution in [0.3, 0.4) is 0 Å². The number of carbonyl (C=O) groups is 3. The summed E-state index contributed by atoms with van der Waals surface area (Å²) in [7, 11) is 0. The molecule has 0 bridgehead atoms. The second-order valence-corrected chi connectivity index (χ2v) is 5.56. The van der Waals surface area contributed by atoms with Gasteiger partial charge in [0.25, 0.3) is 0 Å². The van der Waals surface area contributed by atoms with E-state index in [4.69, 9.17) is 4.74 Å². The molecule has 1 saturated heterocycles. The molecule has 7 heteroatoms. The van der Waals surface area contributed by atoms with Crippen molar-refractivity contribution in [3.63, 3.8) is 0 Å². The first kappa shape index (κ1) is 14.7. The number of rotatable bonds is 1. The fourth-order valence-corrected chi connectivity index (χ4v) is 2.98. The summed E-state index contributed by atoms with van der Waals surface area (Å²) in [6, 6.07) is 3.71. The second-order valence-electron chi connectivity index (χ2n) is 5.56. The number of phenols is 2. The molecule has 3 N–H and O–H groups in total. The van der Waals surface area contributed by atoms with Gasteiger partial charge in [-0.2, -0.15) is 0 Å². The van der Waals surface area contributed by atoms with Crippen LogP contribution in [0.25, 0.3) is 0 Å².